The molecule has 3 rings (SSSR count). The molecule has 160 valence electrons. The fourth-order valence-electron chi connectivity index (χ4n) is 4.22. The highest BCUT2D eigenvalue weighted by molar-refractivity contribution is 5.93. The molecule has 0 bridgehead atoms. The smallest absolute Gasteiger partial charge is 0.226 e. The number of anilines is 1. The molecule has 0 radical (unpaired) electrons. The van der Waals surface area contributed by atoms with E-state index in [1.807, 2.05) is 65.6 Å². The van der Waals surface area contributed by atoms with E-state index in [9.17, 15) is 9.59 Å². The summed E-state index contributed by atoms with van der Waals surface area (Å²) in [5.41, 5.74) is 2.13. The van der Waals surface area contributed by atoms with Gasteiger partial charge in [-0.2, -0.15) is 0 Å². The highest BCUT2D eigenvalue weighted by Crippen LogP contribution is 2.29. The Bertz CT molecular complexity index is 770. The predicted octanol–water partition coefficient (Wildman–Crippen LogP) is 5.13. The van der Waals surface area contributed by atoms with Crippen molar-refractivity contribution in [3.05, 3.63) is 66.2 Å². The molecule has 2 aromatic rings. The number of rotatable bonds is 11. The average Bonchev–Trinajstić information content (AvgIpc) is 3.31. The molecule has 4 heteroatoms. The van der Waals surface area contributed by atoms with Gasteiger partial charge in [-0.15, -0.1) is 0 Å². The first-order valence-corrected chi connectivity index (χ1v) is 11.4. The fourth-order valence-corrected chi connectivity index (χ4v) is 4.22. The summed E-state index contributed by atoms with van der Waals surface area (Å²) in [6.45, 7) is 1.22. The number of hydrogen-bond donors (Lipinski definition) is 1. The number of nitrogens with one attached hydrogen (secondary N) is 1. The van der Waals surface area contributed by atoms with Gasteiger partial charge in [0.15, 0.2) is 0 Å². The zero-order valence-corrected chi connectivity index (χ0v) is 17.9. The number of nitrogens with zero attached hydrogens (tertiary/aromatic N) is 1. The van der Waals surface area contributed by atoms with Crippen molar-refractivity contribution in [3.63, 3.8) is 0 Å². The minimum atomic E-state index is 0.0673. The van der Waals surface area contributed by atoms with Gasteiger partial charge in [-0.25, -0.2) is 0 Å². The summed E-state index contributed by atoms with van der Waals surface area (Å²) < 4.78 is 0. The van der Waals surface area contributed by atoms with E-state index in [0.29, 0.717) is 25.9 Å². The molecular weight excluding hydrogens is 372 g/mol. The molecule has 0 unspecified atom stereocenters. The number of aryl methyl sites for hydroxylation is 1. The van der Waals surface area contributed by atoms with Crippen LogP contribution in [0.5, 0.6) is 0 Å². The Balaban J connectivity index is 1.42. The van der Waals surface area contributed by atoms with Crippen molar-refractivity contribution < 1.29 is 9.59 Å². The number of carbonyl (C=O) groups excluding carboxylic acids is 2. The second-order valence-corrected chi connectivity index (χ2v) is 8.26. The van der Waals surface area contributed by atoms with Gasteiger partial charge in [-0.3, -0.25) is 9.59 Å². The van der Waals surface area contributed by atoms with Crippen LogP contribution in [0, 0.1) is 5.92 Å². The highest BCUT2D eigenvalue weighted by Gasteiger charge is 2.20. The normalized spacial score (nSPS) is 13.9. The fraction of sp³-hybridized carbons (Fsp3) is 0.462. The van der Waals surface area contributed by atoms with Gasteiger partial charge in [0.2, 0.25) is 11.8 Å². The van der Waals surface area contributed by atoms with Gasteiger partial charge in [-0.05, 0) is 42.9 Å². The Labute approximate surface area is 180 Å². The van der Waals surface area contributed by atoms with Crippen molar-refractivity contribution in [2.24, 2.45) is 5.92 Å². The molecule has 4 nitrogen and oxygen atoms in total. The van der Waals surface area contributed by atoms with E-state index in [0.717, 1.165) is 30.9 Å². The van der Waals surface area contributed by atoms with Crippen LogP contribution in [0.2, 0.25) is 0 Å². The number of carbonyl (C=O) groups is 2. The molecule has 1 aliphatic carbocycles. The van der Waals surface area contributed by atoms with E-state index in [1.54, 1.807) is 0 Å². The lowest BCUT2D eigenvalue weighted by molar-refractivity contribution is -0.121. The third kappa shape index (κ3) is 7.33. The third-order valence-electron chi connectivity index (χ3n) is 5.97. The summed E-state index contributed by atoms with van der Waals surface area (Å²) in [5, 5.41) is 3.00. The minimum Gasteiger partial charge on any atom is -0.356 e. The summed E-state index contributed by atoms with van der Waals surface area (Å²) in [4.78, 5) is 26.9. The molecule has 1 N–H and O–H groups in total. The van der Waals surface area contributed by atoms with Crippen molar-refractivity contribution in [3.8, 4) is 0 Å². The zero-order chi connectivity index (χ0) is 21.0. The van der Waals surface area contributed by atoms with Gasteiger partial charge >= 0.3 is 0 Å². The first-order valence-electron chi connectivity index (χ1n) is 11.4. The van der Waals surface area contributed by atoms with Crippen LogP contribution in [0.15, 0.2) is 60.7 Å². The van der Waals surface area contributed by atoms with Crippen molar-refractivity contribution in [2.45, 2.75) is 57.8 Å². The molecule has 0 aliphatic heterocycles. The van der Waals surface area contributed by atoms with Crippen LogP contribution in [0.3, 0.4) is 0 Å². The van der Waals surface area contributed by atoms with Crippen molar-refractivity contribution in [1.29, 1.82) is 0 Å². The maximum atomic E-state index is 12.9. The molecule has 2 amide bonds. The lowest BCUT2D eigenvalue weighted by Crippen LogP contribution is -2.34. The Morgan fingerprint density at radius 1 is 0.900 bits per heavy atom. The van der Waals surface area contributed by atoms with E-state index < -0.39 is 0 Å². The second kappa shape index (κ2) is 12.2. The maximum absolute atomic E-state index is 12.9. The van der Waals surface area contributed by atoms with Crippen molar-refractivity contribution in [2.75, 3.05) is 18.0 Å². The monoisotopic (exact) mass is 406 g/mol. The van der Waals surface area contributed by atoms with Crippen LogP contribution in [0.1, 0.15) is 56.9 Å². The number of hydrogen-bond acceptors (Lipinski definition) is 2. The molecule has 0 atom stereocenters. The first kappa shape index (κ1) is 22.1. The summed E-state index contributed by atoms with van der Waals surface area (Å²) in [6.07, 6.45) is 8.77. The molecule has 0 heterocycles. The molecule has 0 saturated heterocycles. The third-order valence-corrected chi connectivity index (χ3v) is 5.97. The van der Waals surface area contributed by atoms with E-state index in [-0.39, 0.29) is 11.8 Å². The minimum absolute atomic E-state index is 0.0673. The molecule has 0 spiro atoms. The summed E-state index contributed by atoms with van der Waals surface area (Å²) in [5.74, 6) is 0.983. The second-order valence-electron chi connectivity index (χ2n) is 8.26. The van der Waals surface area contributed by atoms with Crippen LogP contribution in [-0.4, -0.2) is 24.9 Å². The zero-order valence-electron chi connectivity index (χ0n) is 17.9. The Morgan fingerprint density at radius 2 is 1.57 bits per heavy atom. The van der Waals surface area contributed by atoms with Crippen molar-refractivity contribution in [1.82, 2.24) is 5.32 Å². The Morgan fingerprint density at radius 3 is 2.27 bits per heavy atom. The number of para-hydroxylation sites is 1. The van der Waals surface area contributed by atoms with Crippen LogP contribution < -0.4 is 10.2 Å². The molecule has 1 saturated carbocycles. The van der Waals surface area contributed by atoms with Gasteiger partial charge in [0.25, 0.3) is 0 Å². The maximum Gasteiger partial charge on any atom is 0.226 e. The molecule has 30 heavy (non-hydrogen) atoms. The first-order chi connectivity index (χ1) is 14.7. The Kier molecular flexibility index (Phi) is 8.95. The van der Waals surface area contributed by atoms with Gasteiger partial charge in [0.1, 0.15) is 0 Å². The summed E-state index contributed by atoms with van der Waals surface area (Å²) in [7, 11) is 0. The molecule has 0 aromatic heterocycles. The summed E-state index contributed by atoms with van der Waals surface area (Å²) >= 11 is 0. The van der Waals surface area contributed by atoms with Crippen LogP contribution in [0.4, 0.5) is 5.69 Å². The van der Waals surface area contributed by atoms with Gasteiger partial charge < -0.3 is 10.2 Å². The molecular formula is C26H34N2O2. The van der Waals surface area contributed by atoms with Crippen molar-refractivity contribution >= 4 is 17.5 Å². The Hall–Kier alpha value is -2.62. The standard InChI is InChI=1S/C26H34N2O2/c29-25(18-16-22-10-3-1-4-11-22)27-20-9-21-28(24-14-5-2-6-15-24)26(30)19-17-23-12-7-8-13-23/h1-6,10-11,14-15,23H,7-9,12-13,16-21H2,(H,27,29). The SMILES string of the molecule is O=C(CCc1ccccc1)NCCCN(C(=O)CCC1CCCC1)c1ccccc1. The van der Waals surface area contributed by atoms with E-state index in [1.165, 1.54) is 31.2 Å². The van der Waals surface area contributed by atoms with E-state index >= 15 is 0 Å². The number of benzene rings is 2. The van der Waals surface area contributed by atoms with Gasteiger partial charge in [0, 0.05) is 31.6 Å². The van der Waals surface area contributed by atoms with Crippen LogP contribution in [-0.2, 0) is 16.0 Å². The van der Waals surface area contributed by atoms with Gasteiger partial charge in [-0.1, -0.05) is 74.2 Å². The van der Waals surface area contributed by atoms with Crippen LogP contribution in [0.25, 0.3) is 0 Å². The average molecular weight is 407 g/mol. The number of amides is 2. The molecule has 1 fully saturated rings. The highest BCUT2D eigenvalue weighted by atomic mass is 16.2. The van der Waals surface area contributed by atoms with Gasteiger partial charge in [0.05, 0.1) is 0 Å². The molecule has 2 aromatic carbocycles. The largest absolute Gasteiger partial charge is 0.356 e. The quantitative estimate of drug-likeness (QED) is 0.526. The summed E-state index contributed by atoms with van der Waals surface area (Å²) in [6, 6.07) is 20.0. The lowest BCUT2D eigenvalue weighted by Gasteiger charge is -2.24. The topological polar surface area (TPSA) is 49.4 Å². The predicted molar refractivity (Wildman–Crippen MR) is 122 cm³/mol. The van der Waals surface area contributed by atoms with Crippen LogP contribution >= 0.6 is 0 Å². The van der Waals surface area contributed by atoms with E-state index in [4.69, 9.17) is 0 Å². The van der Waals surface area contributed by atoms with E-state index in [2.05, 4.69) is 5.32 Å². The lowest BCUT2D eigenvalue weighted by atomic mass is 10.0. The molecule has 1 aliphatic rings.